The molecule has 3 N–H and O–H groups in total. The molecule has 10 nitrogen and oxygen atoms in total. The molecule has 3 aromatic carbocycles. The van der Waals surface area contributed by atoms with Crippen LogP contribution in [-0.4, -0.2) is 56.6 Å². The fourth-order valence-corrected chi connectivity index (χ4v) is 4.37. The van der Waals surface area contributed by atoms with Gasteiger partial charge in [-0.3, -0.25) is 9.59 Å². The molecule has 3 rings (SSSR count). The number of hydrogen-bond acceptors (Lipinski definition) is 8. The van der Waals surface area contributed by atoms with Gasteiger partial charge in [0.2, 0.25) is 0 Å². The Morgan fingerprint density at radius 1 is 0.786 bits per heavy atom. The van der Waals surface area contributed by atoms with Gasteiger partial charge >= 0.3 is 18.0 Å². The van der Waals surface area contributed by atoms with Crippen molar-refractivity contribution in [3.8, 4) is 0 Å². The van der Waals surface area contributed by atoms with Crippen LogP contribution in [-0.2, 0) is 48.3 Å². The van der Waals surface area contributed by atoms with Crippen LogP contribution in [0.5, 0.6) is 0 Å². The third-order valence-electron chi connectivity index (χ3n) is 6.35. The average molecular weight is 639 g/mol. The summed E-state index contributed by atoms with van der Waals surface area (Å²) < 4.78 is 10.8. The summed E-state index contributed by atoms with van der Waals surface area (Å²) >= 11 is 3.02. The number of hydrogen-bond donors (Lipinski definition) is 2. The van der Waals surface area contributed by atoms with Crippen LogP contribution in [0.25, 0.3) is 0 Å². The number of nitrogens with zero attached hydrogens (tertiary/aromatic N) is 1. The summed E-state index contributed by atoms with van der Waals surface area (Å²) in [6.45, 7) is -0.508. The molecule has 3 aromatic rings. The molecule has 0 unspecified atom stereocenters. The van der Waals surface area contributed by atoms with E-state index < -0.39 is 48.4 Å². The molecule has 0 aliphatic heterocycles. The van der Waals surface area contributed by atoms with Crippen molar-refractivity contribution in [3.05, 3.63) is 108 Å². The normalized spacial score (nSPS) is 12.8. The van der Waals surface area contributed by atoms with Gasteiger partial charge < -0.3 is 20.3 Å². The number of rotatable bonds is 14. The Morgan fingerprint density at radius 2 is 1.26 bits per heavy atom. The van der Waals surface area contributed by atoms with Crippen LogP contribution in [0.1, 0.15) is 29.5 Å². The second-order valence-electron chi connectivity index (χ2n) is 9.48. The molecule has 2 atom stereocenters. The first kappa shape index (κ1) is 32.2. The number of alkyl halides is 1. The van der Waals surface area contributed by atoms with Crippen LogP contribution in [0.2, 0.25) is 0 Å². The van der Waals surface area contributed by atoms with Crippen molar-refractivity contribution in [3.63, 3.8) is 0 Å². The fourth-order valence-electron chi connectivity index (χ4n) is 4.09. The van der Waals surface area contributed by atoms with Gasteiger partial charge in [-0.1, -0.05) is 107 Å². The Labute approximate surface area is 251 Å². The highest BCUT2D eigenvalue weighted by molar-refractivity contribution is 9.09. The van der Waals surface area contributed by atoms with E-state index in [1.807, 2.05) is 0 Å². The largest absolute Gasteiger partial charge is 0.480 e. The van der Waals surface area contributed by atoms with E-state index in [0.717, 1.165) is 0 Å². The minimum atomic E-state index is -2.52. The van der Waals surface area contributed by atoms with Crippen molar-refractivity contribution in [1.29, 1.82) is 0 Å². The smallest absolute Gasteiger partial charge is 0.417 e. The lowest BCUT2D eigenvalue weighted by molar-refractivity contribution is -0.162. The van der Waals surface area contributed by atoms with E-state index in [1.165, 1.54) is 0 Å². The van der Waals surface area contributed by atoms with E-state index in [2.05, 4.69) is 15.9 Å². The lowest BCUT2D eigenvalue weighted by Crippen LogP contribution is -2.66. The highest BCUT2D eigenvalue weighted by atomic mass is 79.9. The Kier molecular flexibility index (Phi) is 11.9. The van der Waals surface area contributed by atoms with E-state index in [0.29, 0.717) is 21.6 Å². The molecule has 11 heteroatoms. The first-order valence-corrected chi connectivity index (χ1v) is 14.2. The number of carbonyl (C=O) groups excluding carboxylic acids is 4. The maximum Gasteiger partial charge on any atom is 0.417 e. The maximum atomic E-state index is 14.2. The first-order chi connectivity index (χ1) is 20.2. The molecule has 0 aliphatic carbocycles. The van der Waals surface area contributed by atoms with Crippen LogP contribution in [0.3, 0.4) is 0 Å². The van der Waals surface area contributed by atoms with Crippen molar-refractivity contribution in [1.82, 2.24) is 4.90 Å². The molecular weight excluding hydrogens is 608 g/mol. The quantitative estimate of drug-likeness (QED) is 0.151. The number of imide groups is 1. The monoisotopic (exact) mass is 638 g/mol. The van der Waals surface area contributed by atoms with E-state index >= 15 is 0 Å². The van der Waals surface area contributed by atoms with Gasteiger partial charge in [0.1, 0.15) is 25.0 Å². The van der Waals surface area contributed by atoms with E-state index in [9.17, 15) is 29.1 Å². The molecular formula is C31H31BrN2O8. The van der Waals surface area contributed by atoms with Crippen LogP contribution in [0.15, 0.2) is 91.0 Å². The summed E-state index contributed by atoms with van der Waals surface area (Å²) in [4.78, 5) is 65.9. The standard InChI is InChI=1S/C31H31BrN2O8/c32-19-25(35)16-17-26(27(36)37)34(30(40)42-21-24-14-8-3-9-15-24)28(38)31(33,18-22-10-4-1-5-11-22)29(39)41-20-23-12-6-2-7-13-23/h1-15,26H,16-21,33H2,(H,36,37)/t26-,31-/m0/s1. The zero-order valence-electron chi connectivity index (χ0n) is 22.7. The summed E-state index contributed by atoms with van der Waals surface area (Å²) in [6.07, 6.45) is -2.43. The molecule has 2 amide bonds. The van der Waals surface area contributed by atoms with Crippen molar-refractivity contribution >= 4 is 45.7 Å². The summed E-state index contributed by atoms with van der Waals surface area (Å²) in [5.74, 6) is -4.43. The molecule has 0 radical (unpaired) electrons. The summed E-state index contributed by atoms with van der Waals surface area (Å²) in [6, 6.07) is 23.7. The van der Waals surface area contributed by atoms with Crippen molar-refractivity contribution < 1.29 is 38.6 Å². The Balaban J connectivity index is 2.00. The van der Waals surface area contributed by atoms with Crippen LogP contribution in [0, 0.1) is 0 Å². The van der Waals surface area contributed by atoms with Crippen LogP contribution in [0.4, 0.5) is 4.79 Å². The number of nitrogens with two attached hydrogens (primary N) is 1. The maximum absolute atomic E-state index is 14.2. The van der Waals surface area contributed by atoms with Gasteiger partial charge in [-0.25, -0.2) is 19.3 Å². The lowest BCUT2D eigenvalue weighted by Gasteiger charge is -2.34. The molecule has 0 saturated heterocycles. The third-order valence-corrected chi connectivity index (χ3v) is 6.97. The molecule has 0 aliphatic rings. The number of ketones is 1. The zero-order chi connectivity index (χ0) is 30.5. The molecule has 0 aromatic heterocycles. The van der Waals surface area contributed by atoms with Gasteiger partial charge in [0.15, 0.2) is 5.54 Å². The second kappa shape index (κ2) is 15.6. The van der Waals surface area contributed by atoms with Gasteiger partial charge in [-0.05, 0) is 23.1 Å². The summed E-state index contributed by atoms with van der Waals surface area (Å²) in [5, 5.41) is 10.0. The van der Waals surface area contributed by atoms with Crippen LogP contribution < -0.4 is 5.73 Å². The SMILES string of the molecule is N[C@](Cc1ccccc1)(C(=O)OCc1ccccc1)C(=O)N(C(=O)OCc1ccccc1)[C@@H](CCC(=O)CBr)C(=O)O. The zero-order valence-corrected chi connectivity index (χ0v) is 24.3. The Morgan fingerprint density at radius 3 is 1.74 bits per heavy atom. The van der Waals surface area contributed by atoms with E-state index in [1.54, 1.807) is 91.0 Å². The van der Waals surface area contributed by atoms with Gasteiger partial charge in [-0.15, -0.1) is 0 Å². The number of halogens is 1. The fraction of sp³-hybridized carbons (Fsp3) is 0.258. The molecule has 0 saturated carbocycles. The number of carboxylic acid groups (broad SMARTS) is 1. The highest BCUT2D eigenvalue weighted by Crippen LogP contribution is 2.23. The van der Waals surface area contributed by atoms with Crippen molar-refractivity contribution in [2.45, 2.75) is 44.1 Å². The number of carbonyl (C=O) groups is 5. The molecule has 220 valence electrons. The van der Waals surface area contributed by atoms with Crippen molar-refractivity contribution in [2.24, 2.45) is 5.73 Å². The van der Waals surface area contributed by atoms with Gasteiger partial charge in [0.05, 0.1) is 5.33 Å². The van der Waals surface area contributed by atoms with Gasteiger partial charge in [0, 0.05) is 12.8 Å². The average Bonchev–Trinajstić information content (AvgIpc) is 3.01. The number of benzene rings is 3. The van der Waals surface area contributed by atoms with Gasteiger partial charge in [-0.2, -0.15) is 0 Å². The number of aliphatic carboxylic acids is 1. The minimum Gasteiger partial charge on any atom is -0.480 e. The predicted molar refractivity (Wildman–Crippen MR) is 156 cm³/mol. The van der Waals surface area contributed by atoms with Gasteiger partial charge in [0.25, 0.3) is 5.91 Å². The molecule has 0 heterocycles. The number of Topliss-reactive ketones (excluding diaryl/α,β-unsaturated/α-hetero) is 1. The topological polar surface area (TPSA) is 153 Å². The number of carboxylic acids is 1. The third kappa shape index (κ3) is 8.82. The minimum absolute atomic E-state index is 0.0492. The summed E-state index contributed by atoms with van der Waals surface area (Å²) in [5.41, 5.74) is 5.65. The molecule has 0 bridgehead atoms. The Hall–Kier alpha value is -4.35. The van der Waals surface area contributed by atoms with Crippen LogP contribution >= 0.6 is 15.9 Å². The number of esters is 1. The molecule has 42 heavy (non-hydrogen) atoms. The highest BCUT2D eigenvalue weighted by Gasteiger charge is 2.51. The van der Waals surface area contributed by atoms with E-state index in [-0.39, 0.29) is 30.7 Å². The Bertz CT molecular complexity index is 1370. The number of ether oxygens (including phenoxy) is 2. The van der Waals surface area contributed by atoms with E-state index in [4.69, 9.17) is 15.2 Å². The predicted octanol–water partition coefficient (Wildman–Crippen LogP) is 4.03. The van der Waals surface area contributed by atoms with Crippen molar-refractivity contribution in [2.75, 3.05) is 5.33 Å². The second-order valence-corrected chi connectivity index (χ2v) is 10.0. The molecule has 0 fully saturated rings. The lowest BCUT2D eigenvalue weighted by atomic mass is 9.89. The summed E-state index contributed by atoms with van der Waals surface area (Å²) in [7, 11) is 0. The number of amides is 2. The molecule has 0 spiro atoms. The first-order valence-electron chi connectivity index (χ1n) is 13.0.